The number of carbonyl (C=O) groups excluding carboxylic acids is 2. The summed E-state index contributed by atoms with van der Waals surface area (Å²) in [5, 5.41) is 10.1. The summed E-state index contributed by atoms with van der Waals surface area (Å²) >= 11 is 0. The lowest BCUT2D eigenvalue weighted by Crippen LogP contribution is -1.97. The zero-order valence-electron chi connectivity index (χ0n) is 9.94. The van der Waals surface area contributed by atoms with Gasteiger partial charge in [-0.1, -0.05) is 0 Å². The average Bonchev–Trinajstić information content (AvgIpc) is 2.46. The lowest BCUT2D eigenvalue weighted by atomic mass is 10.2. The molecule has 0 saturated carbocycles. The Morgan fingerprint density at radius 2 is 1.20 bits per heavy atom. The number of allylic oxidation sites excluding steroid dienone is 4. The molecule has 1 heterocycles. The summed E-state index contributed by atoms with van der Waals surface area (Å²) in [6.07, 6.45) is 8.16. The lowest BCUT2D eigenvalue weighted by Gasteiger charge is -1.87. The van der Waals surface area contributed by atoms with Gasteiger partial charge in [0.05, 0.1) is 12.4 Å². The molecule has 0 atom stereocenters. The van der Waals surface area contributed by atoms with Gasteiger partial charge in [-0.05, 0) is 46.0 Å². The molecule has 20 heavy (non-hydrogen) atoms. The highest BCUT2D eigenvalue weighted by Gasteiger charge is 1.97. The SMILES string of the molecule is O=C1C=CC(=O)C=C1.[N-]=[N+]=N.[N-]=[N+]=[N-].c1cnnnc1. The zero-order chi connectivity index (χ0) is 15.6. The van der Waals surface area contributed by atoms with Crippen molar-refractivity contribution < 1.29 is 9.59 Å². The number of nitrogens with zero attached hydrogens (tertiary/aromatic N) is 8. The first-order valence-corrected chi connectivity index (χ1v) is 4.64. The van der Waals surface area contributed by atoms with Gasteiger partial charge in [0.2, 0.25) is 0 Å². The second-order valence-electron chi connectivity index (χ2n) is 2.47. The minimum Gasteiger partial charge on any atom is -0.373 e. The van der Waals surface area contributed by atoms with E-state index in [0.717, 1.165) is 0 Å². The quantitative estimate of drug-likeness (QED) is 0.325. The molecule has 0 radical (unpaired) electrons. The Morgan fingerprint density at radius 3 is 1.35 bits per heavy atom. The van der Waals surface area contributed by atoms with Crippen molar-refractivity contribution in [3.8, 4) is 0 Å². The number of hydrogen-bond acceptors (Lipinski definition) is 6. The number of aromatic nitrogens is 3. The van der Waals surface area contributed by atoms with Gasteiger partial charge in [-0.3, -0.25) is 14.5 Å². The maximum absolute atomic E-state index is 10.3. The summed E-state index contributed by atoms with van der Waals surface area (Å²) in [7, 11) is 0. The van der Waals surface area contributed by atoms with Crippen molar-refractivity contribution in [1.29, 1.82) is 5.53 Å². The van der Waals surface area contributed by atoms with Crippen LogP contribution in [0.3, 0.4) is 0 Å². The van der Waals surface area contributed by atoms with Crippen molar-refractivity contribution in [3.63, 3.8) is 0 Å². The highest BCUT2D eigenvalue weighted by atomic mass is 16.1. The molecule has 1 aromatic rings. The molecule has 1 aliphatic carbocycles. The molecule has 11 nitrogen and oxygen atoms in total. The van der Waals surface area contributed by atoms with Crippen LogP contribution in [0.1, 0.15) is 0 Å². The summed E-state index contributed by atoms with van der Waals surface area (Å²) in [5.41, 5.74) is 25.8. The topological polar surface area (TPSA) is 192 Å². The molecule has 2 rings (SSSR count). The van der Waals surface area contributed by atoms with Gasteiger partial charge in [0.15, 0.2) is 11.6 Å². The Hall–Kier alpha value is -3.55. The van der Waals surface area contributed by atoms with E-state index in [1.165, 1.54) is 29.2 Å². The van der Waals surface area contributed by atoms with Gasteiger partial charge in [-0.15, -0.1) is 15.7 Å². The summed E-state index contributed by atoms with van der Waals surface area (Å²) < 4.78 is 0. The second kappa shape index (κ2) is 15.4. The third kappa shape index (κ3) is 16.9. The second-order valence-corrected chi connectivity index (χ2v) is 2.47. The first kappa shape index (κ1) is 18.8. The van der Waals surface area contributed by atoms with Gasteiger partial charge in [-0.25, -0.2) is 0 Å². The Bertz CT molecular complexity index is 449. The van der Waals surface area contributed by atoms with E-state index in [2.05, 4.69) is 15.4 Å². The van der Waals surface area contributed by atoms with Crippen LogP contribution in [0.2, 0.25) is 0 Å². The van der Waals surface area contributed by atoms with Crippen LogP contribution in [0.15, 0.2) is 42.8 Å². The Balaban J connectivity index is 0. The first-order chi connectivity index (χ1) is 9.62. The van der Waals surface area contributed by atoms with E-state index in [1.54, 1.807) is 23.4 Å². The van der Waals surface area contributed by atoms with E-state index in [0.29, 0.717) is 0 Å². The third-order valence-corrected chi connectivity index (χ3v) is 1.23. The molecule has 0 aromatic carbocycles. The standard InChI is InChI=1S/C6H4O2.C3H3N3.HN3.N3/c7-5-1-2-6(8)4-3-5;1-2-4-6-5-3-1;2*1-3-2/h1-4H;1-3H;1H;/q;;;-1. The fourth-order valence-electron chi connectivity index (χ4n) is 0.645. The smallest absolute Gasteiger partial charge is 0.178 e. The third-order valence-electron chi connectivity index (χ3n) is 1.23. The van der Waals surface area contributed by atoms with E-state index in [-0.39, 0.29) is 11.6 Å². The summed E-state index contributed by atoms with van der Waals surface area (Å²) in [6, 6.07) is 1.72. The van der Waals surface area contributed by atoms with Crippen molar-refractivity contribution >= 4 is 11.6 Å². The van der Waals surface area contributed by atoms with Crippen LogP contribution >= 0.6 is 0 Å². The fraction of sp³-hybridized carbons (Fsp3) is 0. The fourth-order valence-corrected chi connectivity index (χ4v) is 0.645. The highest BCUT2D eigenvalue weighted by Crippen LogP contribution is 1.90. The molecular weight excluding hydrogens is 266 g/mol. The van der Waals surface area contributed by atoms with Crippen molar-refractivity contribution in [3.05, 3.63) is 69.2 Å². The largest absolute Gasteiger partial charge is 0.373 e. The molecule has 0 bridgehead atoms. The van der Waals surface area contributed by atoms with Crippen molar-refractivity contribution in [1.82, 2.24) is 15.4 Å². The molecular formula is C9H8N9O2-. The van der Waals surface area contributed by atoms with Gasteiger partial charge in [0.1, 0.15) is 0 Å². The van der Waals surface area contributed by atoms with Gasteiger partial charge in [-0.2, -0.15) is 0 Å². The van der Waals surface area contributed by atoms with E-state index in [1.807, 2.05) is 0 Å². The molecule has 102 valence electrons. The van der Waals surface area contributed by atoms with Crippen LogP contribution in [-0.2, 0) is 9.59 Å². The zero-order valence-corrected chi connectivity index (χ0v) is 9.94. The van der Waals surface area contributed by atoms with Crippen LogP contribution in [0, 0.1) is 5.53 Å². The minimum absolute atomic E-state index is 0.121. The number of ketones is 2. The summed E-state index contributed by atoms with van der Waals surface area (Å²) in [4.78, 5) is 23.8. The maximum Gasteiger partial charge on any atom is 0.178 e. The van der Waals surface area contributed by atoms with Crippen molar-refractivity contribution in [2.45, 2.75) is 0 Å². The number of nitrogens with one attached hydrogen (secondary N) is 1. The highest BCUT2D eigenvalue weighted by molar-refractivity contribution is 6.14. The minimum atomic E-state index is -0.121. The van der Waals surface area contributed by atoms with Crippen LogP contribution in [0.25, 0.3) is 26.4 Å². The van der Waals surface area contributed by atoms with Crippen LogP contribution in [0.4, 0.5) is 0 Å². The lowest BCUT2D eigenvalue weighted by molar-refractivity contribution is -0.113. The molecule has 0 fully saturated rings. The molecule has 0 saturated heterocycles. The molecule has 0 aliphatic heterocycles. The van der Waals surface area contributed by atoms with E-state index in [4.69, 9.17) is 22.1 Å². The van der Waals surface area contributed by atoms with E-state index >= 15 is 0 Å². The molecule has 0 amide bonds. The number of hydrogen-bond donors (Lipinski definition) is 1. The number of carbonyl (C=O) groups is 2. The maximum atomic E-state index is 10.3. The Labute approximate surface area is 112 Å². The van der Waals surface area contributed by atoms with Gasteiger partial charge < -0.3 is 11.1 Å². The van der Waals surface area contributed by atoms with Gasteiger partial charge in [0.25, 0.3) is 0 Å². The van der Waals surface area contributed by atoms with Crippen LogP contribution in [0.5, 0.6) is 0 Å². The normalized spacial score (nSPS) is 10.2. The first-order valence-electron chi connectivity index (χ1n) is 4.64. The monoisotopic (exact) mass is 274 g/mol. The number of rotatable bonds is 0. The molecule has 0 spiro atoms. The molecule has 1 aromatic heterocycles. The van der Waals surface area contributed by atoms with Gasteiger partial charge in [0, 0.05) is 0 Å². The predicted octanol–water partition coefficient (Wildman–Crippen LogP) is 1.86. The molecule has 1 N–H and O–H groups in total. The van der Waals surface area contributed by atoms with Crippen molar-refractivity contribution in [2.75, 3.05) is 0 Å². The van der Waals surface area contributed by atoms with Gasteiger partial charge >= 0.3 is 0 Å². The van der Waals surface area contributed by atoms with Crippen LogP contribution in [-0.4, -0.2) is 27.0 Å². The molecule has 11 heteroatoms. The molecule has 0 unspecified atom stereocenters. The summed E-state index contributed by atoms with van der Waals surface area (Å²) in [6.45, 7) is 0. The van der Waals surface area contributed by atoms with Crippen LogP contribution < -0.4 is 0 Å². The molecule has 1 aliphatic rings. The Kier molecular flexibility index (Phi) is 14.5. The van der Waals surface area contributed by atoms with E-state index in [9.17, 15) is 9.59 Å². The Morgan fingerprint density at radius 1 is 0.900 bits per heavy atom. The predicted molar refractivity (Wildman–Crippen MR) is 67.6 cm³/mol. The van der Waals surface area contributed by atoms with Crippen molar-refractivity contribution in [2.24, 2.45) is 0 Å². The summed E-state index contributed by atoms with van der Waals surface area (Å²) in [5.74, 6) is -0.241. The van der Waals surface area contributed by atoms with E-state index < -0.39 is 0 Å². The average molecular weight is 274 g/mol.